The van der Waals surface area contributed by atoms with Crippen LogP contribution in [0.4, 0.5) is 0 Å². The lowest BCUT2D eigenvalue weighted by Gasteiger charge is -2.04. The molecule has 3 rings (SSSR count). The number of nitrogens with zero attached hydrogens (tertiary/aromatic N) is 1. The maximum Gasteiger partial charge on any atom is 0.168 e. The van der Waals surface area contributed by atoms with Crippen LogP contribution in [0.3, 0.4) is 0 Å². The van der Waals surface area contributed by atoms with Gasteiger partial charge in [0.15, 0.2) is 5.78 Å². The number of fused-ring (bicyclic) bond motifs is 1. The van der Waals surface area contributed by atoms with Gasteiger partial charge in [0.05, 0.1) is 11.9 Å². The molecule has 21 heavy (non-hydrogen) atoms. The van der Waals surface area contributed by atoms with Crippen LogP contribution >= 0.6 is 0 Å². The minimum atomic E-state index is 0.0707. The predicted octanol–water partition coefficient (Wildman–Crippen LogP) is 3.12. The highest BCUT2D eigenvalue weighted by Crippen LogP contribution is 2.14. The Balaban J connectivity index is 1.81. The third-order valence-corrected chi connectivity index (χ3v) is 3.51. The minimum Gasteiger partial charge on any atom is -0.326 e. The van der Waals surface area contributed by atoms with Crippen LogP contribution in [-0.4, -0.2) is 10.8 Å². The summed E-state index contributed by atoms with van der Waals surface area (Å²) in [4.78, 5) is 16.8. The maximum absolute atomic E-state index is 12.3. The second kappa shape index (κ2) is 5.85. The number of hydrogen-bond acceptors (Lipinski definition) is 3. The Bertz CT molecular complexity index is 779. The normalized spacial score (nSPS) is 10.7. The van der Waals surface area contributed by atoms with E-state index in [1.54, 1.807) is 0 Å². The first-order valence-electron chi connectivity index (χ1n) is 6.93. The minimum absolute atomic E-state index is 0.0707. The fourth-order valence-corrected chi connectivity index (χ4v) is 2.30. The predicted molar refractivity (Wildman–Crippen MR) is 84.1 cm³/mol. The summed E-state index contributed by atoms with van der Waals surface area (Å²) in [5, 5.41) is 1.08. The number of Topliss-reactive ketones (excluding diaryl/α,β-unsaturated/α-hetero) is 1. The van der Waals surface area contributed by atoms with Crippen molar-refractivity contribution < 1.29 is 4.79 Å². The van der Waals surface area contributed by atoms with Crippen LogP contribution in [0.25, 0.3) is 10.9 Å². The Morgan fingerprint density at radius 1 is 0.952 bits per heavy atom. The summed E-state index contributed by atoms with van der Waals surface area (Å²) in [5.41, 5.74) is 8.99. The number of carbonyl (C=O) groups excluding carboxylic acids is 1. The molecule has 0 aliphatic rings. The van der Waals surface area contributed by atoms with Gasteiger partial charge in [0.2, 0.25) is 0 Å². The number of nitrogens with two attached hydrogens (primary N) is 1. The zero-order valence-electron chi connectivity index (χ0n) is 11.6. The molecule has 0 aliphatic heterocycles. The first-order valence-corrected chi connectivity index (χ1v) is 6.93. The number of rotatable bonds is 4. The molecule has 2 aromatic carbocycles. The summed E-state index contributed by atoms with van der Waals surface area (Å²) in [6, 6.07) is 19.2. The second-order valence-electron chi connectivity index (χ2n) is 5.00. The number of hydrogen-bond donors (Lipinski definition) is 1. The average molecular weight is 276 g/mol. The Morgan fingerprint density at radius 2 is 1.71 bits per heavy atom. The molecule has 2 N–H and O–H groups in total. The topological polar surface area (TPSA) is 56.0 Å². The van der Waals surface area contributed by atoms with Crippen molar-refractivity contribution in [3.8, 4) is 0 Å². The van der Waals surface area contributed by atoms with Gasteiger partial charge in [-0.2, -0.15) is 0 Å². The fourth-order valence-electron chi connectivity index (χ4n) is 2.30. The van der Waals surface area contributed by atoms with E-state index in [4.69, 9.17) is 5.73 Å². The molecule has 0 spiro atoms. The zero-order chi connectivity index (χ0) is 14.7. The first kappa shape index (κ1) is 13.5. The van der Waals surface area contributed by atoms with Crippen molar-refractivity contribution in [2.24, 2.45) is 5.73 Å². The molecule has 0 saturated heterocycles. The van der Waals surface area contributed by atoms with Crippen LogP contribution < -0.4 is 5.73 Å². The molecular formula is C18H16N2O. The molecule has 0 amide bonds. The third kappa shape index (κ3) is 2.98. The standard InChI is InChI=1S/C18H16N2O/c19-12-13-5-7-15(8-6-13)18(21)11-16-10-9-14-3-1-2-4-17(14)20-16/h1-10H,11-12,19H2. The Labute approximate surface area is 123 Å². The van der Waals surface area contributed by atoms with Gasteiger partial charge in [0, 0.05) is 23.2 Å². The van der Waals surface area contributed by atoms with Crippen LogP contribution in [0, 0.1) is 0 Å². The second-order valence-corrected chi connectivity index (χ2v) is 5.00. The van der Waals surface area contributed by atoms with Crippen LogP contribution in [-0.2, 0) is 13.0 Å². The molecule has 0 unspecified atom stereocenters. The fraction of sp³-hybridized carbons (Fsp3) is 0.111. The molecule has 0 atom stereocenters. The number of ketones is 1. The lowest BCUT2D eigenvalue weighted by Crippen LogP contribution is -2.06. The molecular weight excluding hydrogens is 260 g/mol. The monoisotopic (exact) mass is 276 g/mol. The molecule has 104 valence electrons. The summed E-state index contributed by atoms with van der Waals surface area (Å²) in [6.07, 6.45) is 0.312. The van der Waals surface area contributed by atoms with Crippen LogP contribution in [0.15, 0.2) is 60.7 Å². The van der Waals surface area contributed by atoms with Gasteiger partial charge in [-0.05, 0) is 17.7 Å². The first-order chi connectivity index (χ1) is 10.3. The van der Waals surface area contributed by atoms with E-state index in [0.717, 1.165) is 22.2 Å². The van der Waals surface area contributed by atoms with Crippen molar-refractivity contribution in [2.75, 3.05) is 0 Å². The average Bonchev–Trinajstić information content (AvgIpc) is 2.55. The summed E-state index contributed by atoms with van der Waals surface area (Å²) >= 11 is 0. The summed E-state index contributed by atoms with van der Waals surface area (Å²) < 4.78 is 0. The van der Waals surface area contributed by atoms with Gasteiger partial charge in [-0.3, -0.25) is 9.78 Å². The number of carbonyl (C=O) groups is 1. The van der Waals surface area contributed by atoms with Crippen LogP contribution in [0.5, 0.6) is 0 Å². The molecule has 0 fully saturated rings. The largest absolute Gasteiger partial charge is 0.326 e. The van der Waals surface area contributed by atoms with E-state index >= 15 is 0 Å². The van der Waals surface area contributed by atoms with Crippen molar-refractivity contribution in [2.45, 2.75) is 13.0 Å². The van der Waals surface area contributed by atoms with Crippen LogP contribution in [0.2, 0.25) is 0 Å². The van der Waals surface area contributed by atoms with Gasteiger partial charge in [-0.1, -0.05) is 48.5 Å². The Kier molecular flexibility index (Phi) is 3.75. The Morgan fingerprint density at radius 3 is 2.48 bits per heavy atom. The van der Waals surface area contributed by atoms with Gasteiger partial charge < -0.3 is 5.73 Å². The van der Waals surface area contributed by atoms with Crippen molar-refractivity contribution >= 4 is 16.7 Å². The zero-order valence-corrected chi connectivity index (χ0v) is 11.6. The van der Waals surface area contributed by atoms with Crippen molar-refractivity contribution in [3.63, 3.8) is 0 Å². The number of benzene rings is 2. The Hall–Kier alpha value is -2.52. The van der Waals surface area contributed by atoms with E-state index in [2.05, 4.69) is 4.98 Å². The van der Waals surface area contributed by atoms with Gasteiger partial charge in [0.1, 0.15) is 0 Å². The molecule has 3 aromatic rings. The van der Waals surface area contributed by atoms with Gasteiger partial charge in [-0.25, -0.2) is 0 Å². The molecule has 1 heterocycles. The van der Waals surface area contributed by atoms with E-state index in [9.17, 15) is 4.79 Å². The van der Waals surface area contributed by atoms with E-state index in [1.807, 2.05) is 60.7 Å². The van der Waals surface area contributed by atoms with Gasteiger partial charge in [-0.15, -0.1) is 0 Å². The molecule has 3 heteroatoms. The highest BCUT2D eigenvalue weighted by Gasteiger charge is 2.08. The molecule has 0 bridgehead atoms. The van der Waals surface area contributed by atoms with Crippen molar-refractivity contribution in [3.05, 3.63) is 77.5 Å². The number of pyridine rings is 1. The lowest BCUT2D eigenvalue weighted by atomic mass is 10.0. The van der Waals surface area contributed by atoms with E-state index in [1.165, 1.54) is 0 Å². The van der Waals surface area contributed by atoms with E-state index in [-0.39, 0.29) is 5.78 Å². The molecule has 0 radical (unpaired) electrons. The van der Waals surface area contributed by atoms with Crippen molar-refractivity contribution in [1.82, 2.24) is 4.98 Å². The van der Waals surface area contributed by atoms with Crippen molar-refractivity contribution in [1.29, 1.82) is 0 Å². The number of aromatic nitrogens is 1. The van der Waals surface area contributed by atoms with E-state index in [0.29, 0.717) is 18.5 Å². The summed E-state index contributed by atoms with van der Waals surface area (Å²) in [5.74, 6) is 0.0707. The number of para-hydroxylation sites is 1. The summed E-state index contributed by atoms with van der Waals surface area (Å²) in [6.45, 7) is 0.487. The highest BCUT2D eigenvalue weighted by molar-refractivity contribution is 5.97. The highest BCUT2D eigenvalue weighted by atomic mass is 16.1. The smallest absolute Gasteiger partial charge is 0.168 e. The maximum atomic E-state index is 12.3. The summed E-state index contributed by atoms with van der Waals surface area (Å²) in [7, 11) is 0. The van der Waals surface area contributed by atoms with E-state index < -0.39 is 0 Å². The molecule has 3 nitrogen and oxygen atoms in total. The molecule has 0 saturated carbocycles. The third-order valence-electron chi connectivity index (χ3n) is 3.51. The lowest BCUT2D eigenvalue weighted by molar-refractivity contribution is 0.0992. The molecule has 1 aromatic heterocycles. The SMILES string of the molecule is NCc1ccc(C(=O)Cc2ccc3ccccc3n2)cc1. The van der Waals surface area contributed by atoms with Gasteiger partial charge in [0.25, 0.3) is 0 Å². The quantitative estimate of drug-likeness (QED) is 0.745. The molecule has 0 aliphatic carbocycles. The van der Waals surface area contributed by atoms with Gasteiger partial charge >= 0.3 is 0 Å². The van der Waals surface area contributed by atoms with Crippen LogP contribution in [0.1, 0.15) is 21.6 Å².